The number of carboxylic acid groups (broad SMARTS) is 1. The summed E-state index contributed by atoms with van der Waals surface area (Å²) in [6.07, 6.45) is -4.69. The van der Waals surface area contributed by atoms with E-state index in [9.17, 15) is 23.3 Å². The van der Waals surface area contributed by atoms with Gasteiger partial charge in [-0.2, -0.15) is 13.2 Å². The summed E-state index contributed by atoms with van der Waals surface area (Å²) in [5.74, 6) is -2.76. The molecule has 2 aliphatic heterocycles. The fourth-order valence-corrected chi connectivity index (χ4v) is 2.19. The lowest BCUT2D eigenvalue weighted by Gasteiger charge is -2.40. The van der Waals surface area contributed by atoms with Gasteiger partial charge in [-0.1, -0.05) is 0 Å². The Morgan fingerprint density at radius 1 is 1.36 bits per heavy atom. The predicted octanol–water partition coefficient (Wildman–Crippen LogP) is 0.453. The Kier molecular flexibility index (Phi) is 6.08. The lowest BCUT2D eigenvalue weighted by atomic mass is 9.80. The van der Waals surface area contributed by atoms with Gasteiger partial charge in [0.1, 0.15) is 0 Å². The SMILES string of the molecule is O=C(O)C(F)(F)F.O=[N+]([O-])C1C[C@@H](CO)OCC2(COC2)C1. The quantitative estimate of drug-likeness (QED) is 0.557. The molecule has 2 aliphatic rings. The molecule has 128 valence electrons. The van der Waals surface area contributed by atoms with Crippen LogP contribution in [0.4, 0.5) is 13.2 Å². The van der Waals surface area contributed by atoms with Crippen LogP contribution in [0.25, 0.3) is 0 Å². The van der Waals surface area contributed by atoms with Gasteiger partial charge in [-0.3, -0.25) is 10.1 Å². The fraction of sp³-hybridized carbons (Fsp3) is 0.909. The summed E-state index contributed by atoms with van der Waals surface area (Å²) in [5.41, 5.74) is -0.179. The third-order valence-corrected chi connectivity index (χ3v) is 3.39. The van der Waals surface area contributed by atoms with Crippen molar-refractivity contribution in [3.63, 3.8) is 0 Å². The van der Waals surface area contributed by atoms with Crippen molar-refractivity contribution in [1.29, 1.82) is 0 Å². The van der Waals surface area contributed by atoms with Crippen LogP contribution in [0.15, 0.2) is 0 Å². The minimum absolute atomic E-state index is 0.152. The van der Waals surface area contributed by atoms with E-state index in [1.165, 1.54) is 0 Å². The largest absolute Gasteiger partial charge is 0.490 e. The van der Waals surface area contributed by atoms with Gasteiger partial charge in [-0.05, 0) is 0 Å². The first-order valence-corrected chi connectivity index (χ1v) is 6.33. The lowest BCUT2D eigenvalue weighted by Crippen LogP contribution is -2.48. The van der Waals surface area contributed by atoms with E-state index in [1.54, 1.807) is 0 Å². The van der Waals surface area contributed by atoms with Crippen molar-refractivity contribution in [2.75, 3.05) is 26.4 Å². The monoisotopic (exact) mass is 331 g/mol. The first kappa shape index (κ1) is 18.6. The molecule has 0 aliphatic carbocycles. The molecule has 11 heteroatoms. The third kappa shape index (κ3) is 5.07. The molecule has 0 aromatic carbocycles. The Hall–Kier alpha value is -1.46. The van der Waals surface area contributed by atoms with Crippen LogP contribution in [0, 0.1) is 15.5 Å². The number of nitro groups is 1. The summed E-state index contributed by atoms with van der Waals surface area (Å²) in [6.45, 7) is 1.38. The summed E-state index contributed by atoms with van der Waals surface area (Å²) in [6, 6.07) is -0.617. The van der Waals surface area contributed by atoms with Crippen molar-refractivity contribution in [2.24, 2.45) is 5.41 Å². The lowest BCUT2D eigenvalue weighted by molar-refractivity contribution is -0.528. The molecule has 0 saturated carbocycles. The zero-order valence-corrected chi connectivity index (χ0v) is 11.4. The summed E-state index contributed by atoms with van der Waals surface area (Å²) in [5, 5.41) is 26.9. The number of nitrogens with zero attached hydrogens (tertiary/aromatic N) is 1. The number of halogens is 3. The molecule has 8 nitrogen and oxygen atoms in total. The second kappa shape index (κ2) is 7.20. The van der Waals surface area contributed by atoms with Gasteiger partial charge in [0, 0.05) is 23.2 Å². The highest BCUT2D eigenvalue weighted by molar-refractivity contribution is 5.73. The number of rotatable bonds is 2. The second-order valence-electron chi connectivity index (χ2n) is 5.29. The van der Waals surface area contributed by atoms with E-state index in [2.05, 4.69) is 0 Å². The number of carboxylic acids is 1. The Morgan fingerprint density at radius 2 is 1.91 bits per heavy atom. The Morgan fingerprint density at radius 3 is 2.23 bits per heavy atom. The molecule has 2 heterocycles. The van der Waals surface area contributed by atoms with Crippen LogP contribution in [-0.2, 0) is 14.3 Å². The van der Waals surface area contributed by atoms with E-state index in [4.69, 9.17) is 24.5 Å². The maximum Gasteiger partial charge on any atom is 0.490 e. The number of aliphatic hydroxyl groups is 1. The molecule has 0 aromatic heterocycles. The number of hydrogen-bond donors (Lipinski definition) is 2. The zero-order chi connectivity index (χ0) is 17.0. The van der Waals surface area contributed by atoms with Crippen molar-refractivity contribution in [1.82, 2.24) is 0 Å². The van der Waals surface area contributed by atoms with Gasteiger partial charge in [0.15, 0.2) is 0 Å². The predicted molar refractivity (Wildman–Crippen MR) is 63.8 cm³/mol. The number of carbonyl (C=O) groups is 1. The third-order valence-electron chi connectivity index (χ3n) is 3.39. The van der Waals surface area contributed by atoms with Crippen molar-refractivity contribution in [3.8, 4) is 0 Å². The molecule has 2 N–H and O–H groups in total. The minimum atomic E-state index is -5.08. The van der Waals surface area contributed by atoms with Crippen molar-refractivity contribution in [2.45, 2.75) is 31.2 Å². The smallest absolute Gasteiger partial charge is 0.475 e. The van der Waals surface area contributed by atoms with E-state index < -0.39 is 24.3 Å². The average molecular weight is 331 g/mol. The van der Waals surface area contributed by atoms with Crippen molar-refractivity contribution < 1.29 is 42.6 Å². The molecule has 1 spiro atoms. The van der Waals surface area contributed by atoms with Gasteiger partial charge in [0.05, 0.1) is 32.5 Å². The normalized spacial score (nSPS) is 27.1. The van der Waals surface area contributed by atoms with Crippen molar-refractivity contribution in [3.05, 3.63) is 10.1 Å². The molecule has 0 bridgehead atoms. The van der Waals surface area contributed by atoms with Crippen molar-refractivity contribution >= 4 is 5.97 Å². The minimum Gasteiger partial charge on any atom is -0.475 e. The Labute approximate surface area is 123 Å². The Balaban J connectivity index is 0.000000295. The number of aliphatic carboxylic acids is 1. The number of alkyl halides is 3. The molecular formula is C11H16F3NO7. The highest BCUT2D eigenvalue weighted by Crippen LogP contribution is 2.37. The highest BCUT2D eigenvalue weighted by Gasteiger charge is 2.47. The molecule has 1 unspecified atom stereocenters. The van der Waals surface area contributed by atoms with Crippen LogP contribution in [0.2, 0.25) is 0 Å². The van der Waals surface area contributed by atoms with Crippen LogP contribution in [0.1, 0.15) is 12.8 Å². The molecule has 2 fully saturated rings. The average Bonchev–Trinajstić information content (AvgIpc) is 2.57. The number of hydrogen-bond acceptors (Lipinski definition) is 6. The number of aliphatic hydroxyl groups excluding tert-OH is 1. The molecule has 2 rings (SSSR count). The summed E-state index contributed by atoms with van der Waals surface area (Å²) >= 11 is 0. The highest BCUT2D eigenvalue weighted by atomic mass is 19.4. The standard InChI is InChI=1S/C9H15NO5.C2HF3O2/c11-3-8-1-7(10(12)13)2-9(6-15-8)4-14-5-9;3-2(4,5)1(6)7/h7-8,11H,1-6H2;(H,6,7)/t7?,8-;/m0./s1. The maximum absolute atomic E-state index is 10.8. The second-order valence-corrected chi connectivity index (χ2v) is 5.29. The molecular weight excluding hydrogens is 315 g/mol. The molecule has 2 saturated heterocycles. The summed E-state index contributed by atoms with van der Waals surface area (Å²) in [4.78, 5) is 19.5. The molecule has 2 atom stereocenters. The molecule has 22 heavy (non-hydrogen) atoms. The van der Waals surface area contributed by atoms with Gasteiger partial charge in [-0.25, -0.2) is 4.79 Å². The van der Waals surface area contributed by atoms with E-state index in [0.29, 0.717) is 32.7 Å². The topological polar surface area (TPSA) is 119 Å². The van der Waals surface area contributed by atoms with Gasteiger partial charge >= 0.3 is 12.1 Å². The van der Waals surface area contributed by atoms with E-state index >= 15 is 0 Å². The Bertz CT molecular complexity index is 411. The van der Waals surface area contributed by atoms with E-state index in [-0.39, 0.29) is 16.9 Å². The molecule has 0 radical (unpaired) electrons. The van der Waals surface area contributed by atoms with E-state index in [1.807, 2.05) is 0 Å². The summed E-state index contributed by atoms with van der Waals surface area (Å²) in [7, 11) is 0. The first-order valence-electron chi connectivity index (χ1n) is 6.33. The van der Waals surface area contributed by atoms with Crippen LogP contribution < -0.4 is 0 Å². The fourth-order valence-electron chi connectivity index (χ4n) is 2.19. The summed E-state index contributed by atoms with van der Waals surface area (Å²) < 4.78 is 42.3. The molecule has 0 aromatic rings. The van der Waals surface area contributed by atoms with Gasteiger partial charge in [0.25, 0.3) is 0 Å². The maximum atomic E-state index is 10.8. The number of ether oxygens (including phenoxy) is 2. The van der Waals surface area contributed by atoms with Crippen LogP contribution in [0.3, 0.4) is 0 Å². The van der Waals surface area contributed by atoms with Gasteiger partial charge in [0.2, 0.25) is 6.04 Å². The van der Waals surface area contributed by atoms with Crippen LogP contribution in [-0.4, -0.2) is 65.9 Å². The van der Waals surface area contributed by atoms with Gasteiger partial charge in [-0.15, -0.1) is 0 Å². The zero-order valence-electron chi connectivity index (χ0n) is 11.4. The van der Waals surface area contributed by atoms with Gasteiger partial charge < -0.3 is 19.7 Å². The van der Waals surface area contributed by atoms with E-state index in [0.717, 1.165) is 0 Å². The first-order chi connectivity index (χ1) is 10.1. The van der Waals surface area contributed by atoms with Crippen LogP contribution >= 0.6 is 0 Å². The molecule has 0 amide bonds. The van der Waals surface area contributed by atoms with Crippen LogP contribution in [0.5, 0.6) is 0 Å².